The lowest BCUT2D eigenvalue weighted by molar-refractivity contribution is 0.612. The number of hydrogen-bond acceptors (Lipinski definition) is 0. The first-order valence-electron chi connectivity index (χ1n) is 6.51. The molecule has 8 unspecified atom stereocenters. The van der Waals surface area contributed by atoms with Gasteiger partial charge in [-0.25, -0.2) is 0 Å². The zero-order chi connectivity index (χ0) is 13.2. The van der Waals surface area contributed by atoms with Crippen molar-refractivity contribution in [2.75, 3.05) is 0 Å². The Kier molecular flexibility index (Phi) is 4.71. The molecule has 4 aliphatic carbocycles. The van der Waals surface area contributed by atoms with Crippen LogP contribution in [0.2, 0.25) is 0 Å². The molecule has 0 amide bonds. The Morgan fingerprint density at radius 1 is 1.06 bits per heavy atom. The van der Waals surface area contributed by atoms with Gasteiger partial charge in [-0.05, 0) is 53.7 Å². The minimum atomic E-state index is -0.339. The third-order valence-corrected chi connectivity index (χ3v) is 15.3. The monoisotopic (exact) mass is 522 g/mol. The molecule has 0 spiro atoms. The molecule has 0 aromatic carbocycles. The van der Waals surface area contributed by atoms with Crippen LogP contribution in [0, 0.1) is 23.7 Å². The Labute approximate surface area is 146 Å². The number of rotatable bonds is 4. The standard InChI is InChI=1S/C11H17B2ClI2P2/c1-11(2,3)17(12-15)9-6-4-5-7(9)8(5)10(6)18(14)13-16/h5-10H,4H2,1-3H3. The Morgan fingerprint density at radius 2 is 1.67 bits per heavy atom. The van der Waals surface area contributed by atoms with E-state index in [9.17, 15) is 0 Å². The maximum absolute atomic E-state index is 6.64. The van der Waals surface area contributed by atoms with Crippen LogP contribution in [0.4, 0.5) is 0 Å². The highest BCUT2D eigenvalue weighted by atomic mass is 127. The first kappa shape index (κ1) is 15.6. The molecule has 98 valence electrons. The van der Waals surface area contributed by atoms with Crippen molar-refractivity contribution in [1.29, 1.82) is 0 Å². The van der Waals surface area contributed by atoms with Crippen LogP contribution in [0.5, 0.6) is 0 Å². The minimum Gasteiger partial charge on any atom is -0.151 e. The first-order chi connectivity index (χ1) is 8.41. The van der Waals surface area contributed by atoms with E-state index in [1.54, 1.807) is 0 Å². The molecule has 0 heterocycles. The summed E-state index contributed by atoms with van der Waals surface area (Å²) in [6, 6.07) is 0. The topological polar surface area (TPSA) is 0 Å². The largest absolute Gasteiger partial charge is 0.253 e. The van der Waals surface area contributed by atoms with Gasteiger partial charge in [-0.15, -0.1) is 41.4 Å². The molecule has 0 aliphatic heterocycles. The maximum atomic E-state index is 6.64. The van der Waals surface area contributed by atoms with Crippen molar-refractivity contribution in [1.82, 2.24) is 0 Å². The lowest BCUT2D eigenvalue weighted by Crippen LogP contribution is -2.27. The molecular weight excluding hydrogens is 505 g/mol. The van der Waals surface area contributed by atoms with Gasteiger partial charge >= 0.3 is 0 Å². The zero-order valence-corrected chi connectivity index (χ0v) is 17.7. The molecule has 8 atom stereocenters. The third-order valence-electron chi connectivity index (χ3n) is 5.08. The molecular formula is C11H17B2ClI2P2. The zero-order valence-electron chi connectivity index (χ0n) is 10.9. The van der Waals surface area contributed by atoms with Crippen LogP contribution in [-0.2, 0) is 0 Å². The second-order valence-corrected chi connectivity index (χ2v) is 15.8. The predicted molar refractivity (Wildman–Crippen MR) is 105 cm³/mol. The molecule has 4 fully saturated rings. The van der Waals surface area contributed by atoms with Crippen LogP contribution in [0.3, 0.4) is 0 Å². The van der Waals surface area contributed by atoms with Gasteiger partial charge in [0.15, 0.2) is 0 Å². The van der Waals surface area contributed by atoms with Gasteiger partial charge in [-0.1, -0.05) is 20.8 Å². The van der Waals surface area contributed by atoms with E-state index in [1.165, 1.54) is 6.42 Å². The molecule has 2 radical (unpaired) electrons. The van der Waals surface area contributed by atoms with E-state index in [0.29, 0.717) is 5.16 Å². The van der Waals surface area contributed by atoms with E-state index < -0.39 is 0 Å². The van der Waals surface area contributed by atoms with Crippen LogP contribution in [0.15, 0.2) is 0 Å². The van der Waals surface area contributed by atoms with Gasteiger partial charge < -0.3 is 0 Å². The maximum Gasteiger partial charge on any atom is 0.253 e. The van der Waals surface area contributed by atoms with Crippen molar-refractivity contribution in [2.24, 2.45) is 23.7 Å². The molecule has 4 rings (SSSR count). The van der Waals surface area contributed by atoms with Gasteiger partial charge in [0.2, 0.25) is 4.86 Å². The summed E-state index contributed by atoms with van der Waals surface area (Å²) < 4.78 is 0. The van der Waals surface area contributed by atoms with Gasteiger partial charge in [0.25, 0.3) is 4.86 Å². The Bertz CT molecular complexity index is 354. The highest BCUT2D eigenvalue weighted by Gasteiger charge is 2.75. The fraction of sp³-hybridized carbons (Fsp3) is 1.00. The summed E-state index contributed by atoms with van der Waals surface area (Å²) >= 11 is 11.5. The summed E-state index contributed by atoms with van der Waals surface area (Å²) in [6.07, 6.45) is 1.50. The summed E-state index contributed by atoms with van der Waals surface area (Å²) in [5, 5.41) is 0.472. The normalized spacial score (nSPS) is 47.9. The average Bonchev–Trinajstić information content (AvgIpc) is 2.64. The van der Waals surface area contributed by atoms with Gasteiger partial charge in [0.1, 0.15) is 0 Å². The van der Waals surface area contributed by atoms with Gasteiger partial charge in [0, 0.05) is 0 Å². The van der Waals surface area contributed by atoms with E-state index >= 15 is 0 Å². The molecule has 4 aliphatic rings. The van der Waals surface area contributed by atoms with Gasteiger partial charge in [-0.2, -0.15) is 22.4 Å². The first-order valence-corrected chi connectivity index (χ1v) is 12.9. The SMILES string of the molecule is CC(C)(C)P([B]I)C1C2CC3C(C31)C2P(Cl)[B]I. The Hall–Kier alpha value is 2.74. The van der Waals surface area contributed by atoms with Crippen molar-refractivity contribution < 1.29 is 0 Å². The van der Waals surface area contributed by atoms with Crippen LogP contribution >= 0.6 is 70.9 Å². The van der Waals surface area contributed by atoms with Crippen LogP contribution < -0.4 is 0 Å². The molecule has 7 heteroatoms. The summed E-state index contributed by atoms with van der Waals surface area (Å²) in [5.41, 5.74) is 1.86. The molecule has 18 heavy (non-hydrogen) atoms. The van der Waals surface area contributed by atoms with Crippen molar-refractivity contribution in [2.45, 2.75) is 43.7 Å². The molecule has 0 aromatic heterocycles. The van der Waals surface area contributed by atoms with Crippen LogP contribution in [-0.4, -0.2) is 26.2 Å². The van der Waals surface area contributed by atoms with Crippen molar-refractivity contribution >= 4 is 80.7 Å². The van der Waals surface area contributed by atoms with Crippen molar-refractivity contribution in [3.05, 3.63) is 0 Å². The van der Waals surface area contributed by atoms with E-state index in [0.717, 1.165) is 35.0 Å². The average molecular weight is 522 g/mol. The van der Waals surface area contributed by atoms with Gasteiger partial charge in [0.05, 0.1) is 0 Å². The molecule has 0 nitrogen and oxygen atoms in total. The molecule has 0 N–H and O–H groups in total. The van der Waals surface area contributed by atoms with Gasteiger partial charge in [-0.3, -0.25) is 0 Å². The number of hydrogen-bond donors (Lipinski definition) is 0. The van der Waals surface area contributed by atoms with E-state index in [4.69, 9.17) is 11.2 Å². The fourth-order valence-electron chi connectivity index (χ4n) is 4.53. The Morgan fingerprint density at radius 3 is 2.11 bits per heavy atom. The van der Waals surface area contributed by atoms with E-state index in [-0.39, 0.29) is 15.0 Å². The molecule has 0 aromatic rings. The van der Waals surface area contributed by atoms with Crippen LogP contribution in [0.1, 0.15) is 27.2 Å². The molecule has 4 bridgehead atoms. The second kappa shape index (κ2) is 5.43. The van der Waals surface area contributed by atoms with E-state index in [2.05, 4.69) is 75.2 Å². The predicted octanol–water partition coefficient (Wildman–Crippen LogP) is 5.47. The highest BCUT2D eigenvalue weighted by Crippen LogP contribution is 2.83. The fourth-order valence-corrected chi connectivity index (χ4v) is 14.6. The van der Waals surface area contributed by atoms with Crippen molar-refractivity contribution in [3.8, 4) is 0 Å². The smallest absolute Gasteiger partial charge is 0.151 e. The summed E-state index contributed by atoms with van der Waals surface area (Å²) in [7, 11) is -0.295. The Balaban J connectivity index is 1.82. The van der Waals surface area contributed by atoms with Crippen LogP contribution in [0.25, 0.3) is 0 Å². The van der Waals surface area contributed by atoms with Crippen molar-refractivity contribution in [3.63, 3.8) is 0 Å². The lowest BCUT2D eigenvalue weighted by atomic mass is 10.1. The lowest BCUT2D eigenvalue weighted by Gasteiger charge is -2.38. The second-order valence-electron chi connectivity index (χ2n) is 6.82. The molecule has 4 saturated carbocycles. The summed E-state index contributed by atoms with van der Waals surface area (Å²) in [6.45, 7) is 7.30. The van der Waals surface area contributed by atoms with E-state index in [1.807, 2.05) is 0 Å². The minimum absolute atomic E-state index is 0.0447. The summed E-state index contributed by atoms with van der Waals surface area (Å²) in [4.78, 5) is 4.79. The quantitative estimate of drug-likeness (QED) is 0.261. The molecule has 0 saturated heterocycles. The third kappa shape index (κ3) is 2.29. The number of halogens is 3. The highest BCUT2D eigenvalue weighted by molar-refractivity contribution is 14.1. The summed E-state index contributed by atoms with van der Waals surface area (Å²) in [5.74, 6) is 4.08.